The van der Waals surface area contributed by atoms with Crippen molar-refractivity contribution in [2.75, 3.05) is 34.4 Å². The lowest BCUT2D eigenvalue weighted by Crippen LogP contribution is -2.38. The average molecular weight is 429 g/mol. The molecule has 0 bridgehead atoms. The topological polar surface area (TPSA) is 79.9 Å². The molecule has 31 heavy (non-hydrogen) atoms. The number of aromatic nitrogens is 1. The summed E-state index contributed by atoms with van der Waals surface area (Å²) in [5.74, 6) is 2.36. The van der Waals surface area contributed by atoms with Crippen molar-refractivity contribution in [2.24, 2.45) is 4.99 Å². The molecular formula is C23H29FN4O3. The fraction of sp³-hybridized carbons (Fsp3) is 0.348. The maximum Gasteiger partial charge on any atom is 0.191 e. The maximum absolute atomic E-state index is 13.6. The van der Waals surface area contributed by atoms with E-state index in [2.05, 4.69) is 20.6 Å². The van der Waals surface area contributed by atoms with Gasteiger partial charge in [-0.2, -0.15) is 0 Å². The molecule has 0 atom stereocenters. The SMILES string of the molecule is CCNC(=NCc1cc(OC)c(OC)cc1OC)NCCc1c[nH]c2ccc(F)cc12. The van der Waals surface area contributed by atoms with Crippen LogP contribution in [0.2, 0.25) is 0 Å². The molecule has 3 rings (SSSR count). The molecule has 0 radical (unpaired) electrons. The molecule has 8 heteroatoms. The number of fused-ring (bicyclic) bond motifs is 1. The molecular weight excluding hydrogens is 399 g/mol. The largest absolute Gasteiger partial charge is 0.496 e. The highest BCUT2D eigenvalue weighted by Crippen LogP contribution is 2.34. The van der Waals surface area contributed by atoms with Crippen LogP contribution in [0, 0.1) is 5.82 Å². The minimum Gasteiger partial charge on any atom is -0.496 e. The zero-order chi connectivity index (χ0) is 22.2. The van der Waals surface area contributed by atoms with Crippen molar-refractivity contribution in [2.45, 2.75) is 19.9 Å². The third kappa shape index (κ3) is 5.39. The van der Waals surface area contributed by atoms with Crippen LogP contribution in [0.1, 0.15) is 18.1 Å². The summed E-state index contributed by atoms with van der Waals surface area (Å²) in [6, 6.07) is 8.43. The van der Waals surface area contributed by atoms with E-state index in [1.807, 2.05) is 19.2 Å². The molecule has 0 aliphatic heterocycles. The van der Waals surface area contributed by atoms with E-state index in [0.29, 0.717) is 36.3 Å². The Morgan fingerprint density at radius 1 is 0.968 bits per heavy atom. The number of methoxy groups -OCH3 is 3. The highest BCUT2D eigenvalue weighted by molar-refractivity contribution is 5.83. The predicted octanol–water partition coefficient (Wildman–Crippen LogP) is 3.63. The van der Waals surface area contributed by atoms with Gasteiger partial charge in [0, 0.05) is 41.8 Å². The second-order valence-corrected chi connectivity index (χ2v) is 6.89. The Balaban J connectivity index is 1.69. The first kappa shape index (κ1) is 22.3. The molecule has 1 aromatic heterocycles. The molecule has 0 unspecified atom stereocenters. The van der Waals surface area contributed by atoms with Crippen molar-refractivity contribution >= 4 is 16.9 Å². The van der Waals surface area contributed by atoms with E-state index in [1.165, 1.54) is 6.07 Å². The van der Waals surface area contributed by atoms with Gasteiger partial charge >= 0.3 is 0 Å². The average Bonchev–Trinajstić information content (AvgIpc) is 3.18. The molecule has 0 aliphatic rings. The van der Waals surface area contributed by atoms with Crippen LogP contribution in [-0.2, 0) is 13.0 Å². The fourth-order valence-corrected chi connectivity index (χ4v) is 3.40. The highest BCUT2D eigenvalue weighted by Gasteiger charge is 2.12. The standard InChI is InChI=1S/C23H29FN4O3/c1-5-25-23(26-9-8-15-13-27-19-7-6-17(24)11-18(15)19)28-14-16-10-21(30-3)22(31-4)12-20(16)29-2/h6-7,10-13,27H,5,8-9,14H2,1-4H3,(H2,25,26,28). The number of aliphatic imine (C=N–C) groups is 1. The third-order valence-electron chi connectivity index (χ3n) is 4.95. The number of nitrogens with one attached hydrogen (secondary N) is 3. The summed E-state index contributed by atoms with van der Waals surface area (Å²) in [4.78, 5) is 7.85. The van der Waals surface area contributed by atoms with E-state index in [-0.39, 0.29) is 5.82 Å². The molecule has 0 aliphatic carbocycles. The van der Waals surface area contributed by atoms with Gasteiger partial charge in [0.05, 0.1) is 27.9 Å². The summed E-state index contributed by atoms with van der Waals surface area (Å²) in [6.07, 6.45) is 2.65. The monoisotopic (exact) mass is 428 g/mol. The van der Waals surface area contributed by atoms with Crippen molar-refractivity contribution in [3.63, 3.8) is 0 Å². The van der Waals surface area contributed by atoms with Crippen LogP contribution >= 0.6 is 0 Å². The van der Waals surface area contributed by atoms with Crippen LogP contribution in [0.5, 0.6) is 17.2 Å². The third-order valence-corrected chi connectivity index (χ3v) is 4.95. The summed E-state index contributed by atoms with van der Waals surface area (Å²) >= 11 is 0. The molecule has 0 saturated carbocycles. The van der Waals surface area contributed by atoms with Gasteiger partial charge in [0.1, 0.15) is 11.6 Å². The number of rotatable bonds is 9. The van der Waals surface area contributed by atoms with E-state index >= 15 is 0 Å². The van der Waals surface area contributed by atoms with E-state index in [9.17, 15) is 4.39 Å². The molecule has 1 heterocycles. The van der Waals surface area contributed by atoms with Crippen molar-refractivity contribution in [3.05, 3.63) is 53.5 Å². The zero-order valence-electron chi connectivity index (χ0n) is 18.3. The van der Waals surface area contributed by atoms with Gasteiger partial charge < -0.3 is 29.8 Å². The number of guanidine groups is 1. The number of ether oxygens (including phenoxy) is 3. The van der Waals surface area contributed by atoms with E-state index < -0.39 is 0 Å². The zero-order valence-corrected chi connectivity index (χ0v) is 18.3. The van der Waals surface area contributed by atoms with Crippen molar-refractivity contribution in [3.8, 4) is 17.2 Å². The molecule has 0 amide bonds. The number of aromatic amines is 1. The van der Waals surface area contributed by atoms with Gasteiger partial charge in [-0.15, -0.1) is 0 Å². The normalized spacial score (nSPS) is 11.5. The molecule has 0 saturated heterocycles. The lowest BCUT2D eigenvalue weighted by molar-refractivity contribution is 0.347. The summed E-state index contributed by atoms with van der Waals surface area (Å²) in [7, 11) is 4.80. The summed E-state index contributed by atoms with van der Waals surface area (Å²) in [6.45, 7) is 3.79. The van der Waals surface area contributed by atoms with Crippen LogP contribution in [0.3, 0.4) is 0 Å². The first-order chi connectivity index (χ1) is 15.1. The Morgan fingerprint density at radius 3 is 2.42 bits per heavy atom. The van der Waals surface area contributed by atoms with Gasteiger partial charge in [-0.05, 0) is 43.2 Å². The molecule has 0 spiro atoms. The van der Waals surface area contributed by atoms with E-state index in [1.54, 1.807) is 39.5 Å². The smallest absolute Gasteiger partial charge is 0.191 e. The highest BCUT2D eigenvalue weighted by atomic mass is 19.1. The van der Waals surface area contributed by atoms with Gasteiger partial charge in [0.2, 0.25) is 0 Å². The minimum atomic E-state index is -0.236. The number of hydrogen-bond acceptors (Lipinski definition) is 4. The number of nitrogens with zero attached hydrogens (tertiary/aromatic N) is 1. The molecule has 2 aromatic carbocycles. The van der Waals surface area contributed by atoms with Crippen LogP contribution in [0.4, 0.5) is 4.39 Å². The summed E-state index contributed by atoms with van der Waals surface area (Å²) in [5, 5.41) is 7.48. The van der Waals surface area contributed by atoms with Crippen molar-refractivity contribution in [1.29, 1.82) is 0 Å². The lowest BCUT2D eigenvalue weighted by atomic mass is 10.1. The molecule has 3 N–H and O–H groups in total. The number of benzene rings is 2. The Kier molecular flexibility index (Phi) is 7.59. The van der Waals surface area contributed by atoms with Gasteiger partial charge in [-0.25, -0.2) is 9.38 Å². The quantitative estimate of drug-likeness (QED) is 0.358. The van der Waals surface area contributed by atoms with Crippen molar-refractivity contribution < 1.29 is 18.6 Å². The Bertz CT molecular complexity index is 1050. The van der Waals surface area contributed by atoms with Crippen molar-refractivity contribution in [1.82, 2.24) is 15.6 Å². The van der Waals surface area contributed by atoms with Crippen LogP contribution < -0.4 is 24.8 Å². The van der Waals surface area contributed by atoms with Crippen LogP contribution in [0.15, 0.2) is 41.5 Å². The minimum absolute atomic E-state index is 0.236. The van der Waals surface area contributed by atoms with E-state index in [0.717, 1.165) is 35.0 Å². The number of H-pyrrole nitrogens is 1. The van der Waals surface area contributed by atoms with Gasteiger partial charge in [-0.1, -0.05) is 0 Å². The predicted molar refractivity (Wildman–Crippen MR) is 121 cm³/mol. The molecule has 0 fully saturated rings. The molecule has 166 valence electrons. The fourth-order valence-electron chi connectivity index (χ4n) is 3.40. The van der Waals surface area contributed by atoms with Crippen LogP contribution in [-0.4, -0.2) is 45.4 Å². The Labute approximate surface area is 181 Å². The molecule has 3 aromatic rings. The summed E-state index contributed by atoms with van der Waals surface area (Å²) in [5.41, 5.74) is 2.86. The van der Waals surface area contributed by atoms with Gasteiger partial charge in [0.15, 0.2) is 17.5 Å². The maximum atomic E-state index is 13.6. The van der Waals surface area contributed by atoms with Gasteiger partial charge in [-0.3, -0.25) is 0 Å². The second-order valence-electron chi connectivity index (χ2n) is 6.89. The first-order valence-corrected chi connectivity index (χ1v) is 10.2. The second kappa shape index (κ2) is 10.6. The van der Waals surface area contributed by atoms with E-state index in [4.69, 9.17) is 14.2 Å². The first-order valence-electron chi connectivity index (χ1n) is 10.2. The summed E-state index contributed by atoms with van der Waals surface area (Å²) < 4.78 is 29.8. The lowest BCUT2D eigenvalue weighted by Gasteiger charge is -2.14. The number of halogens is 1. The number of hydrogen-bond donors (Lipinski definition) is 3. The Morgan fingerprint density at radius 2 is 1.71 bits per heavy atom. The van der Waals surface area contributed by atoms with Crippen LogP contribution in [0.25, 0.3) is 10.9 Å². The van der Waals surface area contributed by atoms with Gasteiger partial charge in [0.25, 0.3) is 0 Å². The Hall–Kier alpha value is -3.42. The molecule has 7 nitrogen and oxygen atoms in total.